The van der Waals surface area contributed by atoms with E-state index in [1.165, 1.54) is 0 Å². The average molecular weight is 343 g/mol. The molecular weight excluding hydrogens is 304 g/mol. The van der Waals surface area contributed by atoms with E-state index in [2.05, 4.69) is 24.2 Å². The second-order valence-electron chi connectivity index (χ2n) is 7.85. The summed E-state index contributed by atoms with van der Waals surface area (Å²) in [5.41, 5.74) is 12.1. The molecule has 0 spiro atoms. The monoisotopic (exact) mass is 342 g/mol. The van der Waals surface area contributed by atoms with E-state index in [-0.39, 0.29) is 29.3 Å². The largest absolute Gasteiger partial charge is 0.330 e. The molecule has 0 fully saturated rings. The zero-order valence-corrected chi connectivity index (χ0v) is 16.2. The van der Waals surface area contributed by atoms with Crippen LogP contribution in [0, 0.1) is 33.0 Å². The van der Waals surface area contributed by atoms with Gasteiger partial charge < -0.3 is 11.5 Å². The Morgan fingerprint density at radius 3 is 1.79 bits per heavy atom. The molecule has 0 heterocycles. The van der Waals surface area contributed by atoms with Crippen LogP contribution in [-0.4, -0.2) is 25.2 Å². The molecule has 5 unspecified atom stereocenters. The van der Waals surface area contributed by atoms with E-state index in [4.69, 9.17) is 11.5 Å². The van der Waals surface area contributed by atoms with Crippen LogP contribution in [0.25, 0.3) is 0 Å². The van der Waals surface area contributed by atoms with Crippen LogP contribution >= 0.6 is 0 Å². The van der Waals surface area contributed by atoms with Crippen LogP contribution in [0.5, 0.6) is 0 Å². The fourth-order valence-corrected chi connectivity index (χ4v) is 3.61. The SMILES string of the molecule is CCCC(CC(C)C(C)N=O)CC(CN)(CN)CC(C)C(C)N=O. The number of hydrogen-bond acceptors (Lipinski definition) is 6. The molecule has 0 aliphatic heterocycles. The molecule has 0 saturated heterocycles. The van der Waals surface area contributed by atoms with Gasteiger partial charge in [-0.3, -0.25) is 0 Å². The number of hydrogen-bond donors (Lipinski definition) is 2. The Balaban J connectivity index is 5.11. The predicted octanol–water partition coefficient (Wildman–Crippen LogP) is 4.06. The van der Waals surface area contributed by atoms with Gasteiger partial charge in [-0.1, -0.05) is 44.0 Å². The molecule has 0 aliphatic carbocycles. The Morgan fingerprint density at radius 2 is 1.38 bits per heavy atom. The van der Waals surface area contributed by atoms with Crippen molar-refractivity contribution < 1.29 is 0 Å². The van der Waals surface area contributed by atoms with E-state index in [1.807, 2.05) is 20.8 Å². The zero-order valence-electron chi connectivity index (χ0n) is 16.2. The maximum absolute atomic E-state index is 10.8. The van der Waals surface area contributed by atoms with Crippen molar-refractivity contribution in [3.63, 3.8) is 0 Å². The van der Waals surface area contributed by atoms with Crippen molar-refractivity contribution in [3.8, 4) is 0 Å². The summed E-state index contributed by atoms with van der Waals surface area (Å²) < 4.78 is 0. The molecule has 5 atom stereocenters. The van der Waals surface area contributed by atoms with Crippen molar-refractivity contribution in [2.75, 3.05) is 13.1 Å². The maximum atomic E-state index is 10.8. The lowest BCUT2D eigenvalue weighted by atomic mass is 9.70. The van der Waals surface area contributed by atoms with E-state index < -0.39 is 0 Å². The van der Waals surface area contributed by atoms with Crippen molar-refractivity contribution in [2.45, 2.75) is 78.8 Å². The third-order valence-electron chi connectivity index (χ3n) is 5.72. The average Bonchev–Trinajstić information content (AvgIpc) is 2.59. The summed E-state index contributed by atoms with van der Waals surface area (Å²) in [5, 5.41) is 6.34. The lowest BCUT2D eigenvalue weighted by Gasteiger charge is -2.38. The van der Waals surface area contributed by atoms with E-state index in [0.717, 1.165) is 32.1 Å². The van der Waals surface area contributed by atoms with E-state index in [9.17, 15) is 9.81 Å². The Morgan fingerprint density at radius 1 is 0.875 bits per heavy atom. The summed E-state index contributed by atoms with van der Waals surface area (Å²) in [5.74, 6) is 0.873. The highest BCUT2D eigenvalue weighted by molar-refractivity contribution is 4.88. The Hall–Kier alpha value is -0.880. The van der Waals surface area contributed by atoms with Gasteiger partial charge in [0.05, 0.1) is 12.1 Å². The van der Waals surface area contributed by atoms with Crippen molar-refractivity contribution in [1.29, 1.82) is 0 Å². The summed E-state index contributed by atoms with van der Waals surface area (Å²) in [6, 6.07) is -0.405. The maximum Gasteiger partial charge on any atom is 0.0917 e. The smallest absolute Gasteiger partial charge is 0.0917 e. The topological polar surface area (TPSA) is 111 Å². The first kappa shape index (κ1) is 23.1. The molecule has 0 aliphatic rings. The minimum absolute atomic E-state index is 0.157. The van der Waals surface area contributed by atoms with Crippen molar-refractivity contribution in [2.24, 2.45) is 45.0 Å². The Bertz CT molecular complexity index is 361. The molecule has 6 heteroatoms. The number of rotatable bonds is 14. The first-order chi connectivity index (χ1) is 11.3. The molecule has 0 saturated carbocycles. The van der Waals surface area contributed by atoms with Crippen LogP contribution in [0.1, 0.15) is 66.7 Å². The molecular formula is C18H38N4O2. The van der Waals surface area contributed by atoms with Crippen LogP contribution < -0.4 is 11.5 Å². The van der Waals surface area contributed by atoms with Gasteiger partial charge in [0, 0.05) is 0 Å². The first-order valence-electron chi connectivity index (χ1n) is 9.34. The number of nitroso groups, excluding NO2 is 2. The summed E-state index contributed by atoms with van der Waals surface area (Å²) in [6.07, 6.45) is 4.88. The molecule has 0 aromatic rings. The lowest BCUT2D eigenvalue weighted by Crippen LogP contribution is -2.42. The van der Waals surface area contributed by atoms with Gasteiger partial charge >= 0.3 is 0 Å². The van der Waals surface area contributed by atoms with E-state index >= 15 is 0 Å². The number of nitrogens with zero attached hydrogens (tertiary/aromatic N) is 2. The third-order valence-corrected chi connectivity index (χ3v) is 5.72. The van der Waals surface area contributed by atoms with Gasteiger partial charge in [-0.05, 0) is 69.4 Å². The number of nitrogens with two attached hydrogens (primary N) is 2. The van der Waals surface area contributed by atoms with Gasteiger partial charge in [-0.15, -0.1) is 0 Å². The highest BCUT2D eigenvalue weighted by atomic mass is 16.3. The van der Waals surface area contributed by atoms with Crippen LogP contribution in [-0.2, 0) is 0 Å². The Kier molecular flexibility index (Phi) is 11.2. The summed E-state index contributed by atoms with van der Waals surface area (Å²) in [7, 11) is 0. The fraction of sp³-hybridized carbons (Fsp3) is 1.00. The molecule has 0 radical (unpaired) electrons. The second-order valence-corrected chi connectivity index (χ2v) is 7.85. The van der Waals surface area contributed by atoms with Crippen LogP contribution in [0.2, 0.25) is 0 Å². The van der Waals surface area contributed by atoms with Gasteiger partial charge in [-0.2, -0.15) is 9.81 Å². The van der Waals surface area contributed by atoms with Gasteiger partial charge in [0.25, 0.3) is 0 Å². The van der Waals surface area contributed by atoms with Crippen LogP contribution in [0.3, 0.4) is 0 Å². The van der Waals surface area contributed by atoms with Crippen molar-refractivity contribution >= 4 is 0 Å². The van der Waals surface area contributed by atoms with E-state index in [0.29, 0.717) is 19.0 Å². The normalized spacial score (nSPS) is 18.5. The van der Waals surface area contributed by atoms with Crippen LogP contribution in [0.15, 0.2) is 10.4 Å². The highest BCUT2D eigenvalue weighted by Crippen LogP contribution is 2.37. The van der Waals surface area contributed by atoms with Crippen molar-refractivity contribution in [3.05, 3.63) is 9.81 Å². The second kappa shape index (κ2) is 11.6. The Labute approximate surface area is 147 Å². The summed E-state index contributed by atoms with van der Waals surface area (Å²) in [4.78, 5) is 21.6. The van der Waals surface area contributed by atoms with Crippen molar-refractivity contribution in [1.82, 2.24) is 0 Å². The zero-order chi connectivity index (χ0) is 18.8. The molecule has 0 rings (SSSR count). The van der Waals surface area contributed by atoms with Gasteiger partial charge in [0.2, 0.25) is 0 Å². The molecule has 0 aromatic carbocycles. The fourth-order valence-electron chi connectivity index (χ4n) is 3.61. The molecule has 0 bridgehead atoms. The molecule has 142 valence electrons. The summed E-state index contributed by atoms with van der Waals surface area (Å²) >= 11 is 0. The molecule has 4 N–H and O–H groups in total. The first-order valence-corrected chi connectivity index (χ1v) is 9.34. The summed E-state index contributed by atoms with van der Waals surface area (Å²) in [6.45, 7) is 11.0. The van der Waals surface area contributed by atoms with E-state index in [1.54, 1.807) is 0 Å². The van der Waals surface area contributed by atoms with Gasteiger partial charge in [0.15, 0.2) is 0 Å². The van der Waals surface area contributed by atoms with Gasteiger partial charge in [-0.25, -0.2) is 0 Å². The molecule has 0 amide bonds. The third kappa shape index (κ3) is 7.34. The minimum atomic E-state index is -0.231. The molecule has 6 nitrogen and oxygen atoms in total. The predicted molar refractivity (Wildman–Crippen MR) is 102 cm³/mol. The minimum Gasteiger partial charge on any atom is -0.330 e. The lowest BCUT2D eigenvalue weighted by molar-refractivity contribution is 0.154. The molecule has 24 heavy (non-hydrogen) atoms. The quantitative estimate of drug-likeness (QED) is 0.464. The van der Waals surface area contributed by atoms with Crippen LogP contribution in [0.4, 0.5) is 0 Å². The van der Waals surface area contributed by atoms with Gasteiger partial charge in [0.1, 0.15) is 0 Å². The molecule has 0 aromatic heterocycles. The highest BCUT2D eigenvalue weighted by Gasteiger charge is 2.34. The standard InChI is InChI=1S/C18H38N4O2/c1-6-7-17(8-13(2)15(4)21-23)10-18(11-19,12-20)9-14(3)16(5)22-24/h13-17H,6-12,19-20H2,1-5H3.